The van der Waals surface area contributed by atoms with Gasteiger partial charge in [0, 0.05) is 6.07 Å². The van der Waals surface area contributed by atoms with Crippen molar-refractivity contribution in [2.24, 2.45) is 0 Å². The summed E-state index contributed by atoms with van der Waals surface area (Å²) in [4.78, 5) is 9.58. The highest BCUT2D eigenvalue weighted by molar-refractivity contribution is 6.59. The summed E-state index contributed by atoms with van der Waals surface area (Å²) in [6, 6.07) is 1.83. The zero-order valence-corrected chi connectivity index (χ0v) is 8.85. The van der Waals surface area contributed by atoms with Crippen molar-refractivity contribution < 1.29 is 19.4 Å². The third kappa shape index (κ3) is 2.37. The molecule has 0 aliphatic rings. The molecule has 0 bridgehead atoms. The molecule has 1 aromatic carbocycles. The van der Waals surface area contributed by atoms with E-state index in [1.54, 1.807) is 13.8 Å². The third-order valence-electron chi connectivity index (χ3n) is 2.25. The molecule has 0 fully saturated rings. The SMILES string of the molecule is CC(C)c1cc(F)c([N+](=O)[O-])cc1B(O)O. The molecule has 1 aromatic rings. The van der Waals surface area contributed by atoms with Crippen LogP contribution in [0, 0.1) is 15.9 Å². The molecule has 0 radical (unpaired) electrons. The van der Waals surface area contributed by atoms with Crippen LogP contribution in [-0.4, -0.2) is 22.1 Å². The number of rotatable bonds is 3. The monoisotopic (exact) mass is 227 g/mol. The van der Waals surface area contributed by atoms with Crippen LogP contribution in [0.25, 0.3) is 0 Å². The van der Waals surface area contributed by atoms with Gasteiger partial charge >= 0.3 is 12.8 Å². The van der Waals surface area contributed by atoms with E-state index in [4.69, 9.17) is 10.0 Å². The third-order valence-corrected chi connectivity index (χ3v) is 2.25. The fourth-order valence-corrected chi connectivity index (χ4v) is 1.46. The summed E-state index contributed by atoms with van der Waals surface area (Å²) < 4.78 is 13.3. The van der Waals surface area contributed by atoms with Crippen LogP contribution in [0.15, 0.2) is 12.1 Å². The Morgan fingerprint density at radius 2 is 2.00 bits per heavy atom. The van der Waals surface area contributed by atoms with Crippen molar-refractivity contribution in [2.75, 3.05) is 0 Å². The fraction of sp³-hybridized carbons (Fsp3) is 0.333. The summed E-state index contributed by atoms with van der Waals surface area (Å²) in [5.41, 5.74) is -0.450. The minimum Gasteiger partial charge on any atom is -0.423 e. The second-order valence-electron chi connectivity index (χ2n) is 3.72. The van der Waals surface area contributed by atoms with Gasteiger partial charge in [-0.1, -0.05) is 13.8 Å². The van der Waals surface area contributed by atoms with Crippen molar-refractivity contribution in [1.29, 1.82) is 0 Å². The molecule has 1 rings (SSSR count). The van der Waals surface area contributed by atoms with E-state index in [9.17, 15) is 14.5 Å². The summed E-state index contributed by atoms with van der Waals surface area (Å²) in [7, 11) is -1.85. The Balaban J connectivity index is 3.43. The highest BCUT2D eigenvalue weighted by Gasteiger charge is 2.25. The van der Waals surface area contributed by atoms with Crippen molar-refractivity contribution in [1.82, 2.24) is 0 Å². The van der Waals surface area contributed by atoms with Crippen LogP contribution in [-0.2, 0) is 0 Å². The van der Waals surface area contributed by atoms with E-state index in [-0.39, 0.29) is 11.4 Å². The van der Waals surface area contributed by atoms with E-state index in [0.29, 0.717) is 5.56 Å². The molecule has 0 spiro atoms. The maximum absolute atomic E-state index is 13.3. The maximum atomic E-state index is 13.3. The minimum atomic E-state index is -1.85. The molecule has 0 saturated carbocycles. The van der Waals surface area contributed by atoms with Gasteiger partial charge in [0.1, 0.15) is 0 Å². The normalized spacial score (nSPS) is 10.6. The van der Waals surface area contributed by atoms with E-state index < -0.39 is 23.5 Å². The van der Waals surface area contributed by atoms with Gasteiger partial charge in [-0.2, -0.15) is 4.39 Å². The molecule has 86 valence electrons. The lowest BCUT2D eigenvalue weighted by atomic mass is 9.74. The van der Waals surface area contributed by atoms with E-state index in [1.165, 1.54) is 0 Å². The Bertz CT molecular complexity index is 422. The molecule has 0 amide bonds. The Morgan fingerprint density at radius 1 is 1.44 bits per heavy atom. The molecule has 5 nitrogen and oxygen atoms in total. The lowest BCUT2D eigenvalue weighted by Gasteiger charge is -2.12. The lowest BCUT2D eigenvalue weighted by molar-refractivity contribution is -0.387. The van der Waals surface area contributed by atoms with Crippen molar-refractivity contribution in [2.45, 2.75) is 19.8 Å². The van der Waals surface area contributed by atoms with Crippen LogP contribution < -0.4 is 5.46 Å². The standard InChI is InChI=1S/C9H11BFNO4/c1-5(2)6-3-8(11)9(12(15)16)4-7(6)10(13)14/h3-5,13-14H,1-2H3. The fourth-order valence-electron chi connectivity index (χ4n) is 1.46. The number of nitro benzene ring substituents is 1. The number of benzene rings is 1. The smallest absolute Gasteiger partial charge is 0.423 e. The van der Waals surface area contributed by atoms with Crippen molar-refractivity contribution in [3.8, 4) is 0 Å². The summed E-state index contributed by atoms with van der Waals surface area (Å²) >= 11 is 0. The Morgan fingerprint density at radius 3 is 2.38 bits per heavy atom. The zero-order chi connectivity index (χ0) is 12.5. The van der Waals surface area contributed by atoms with E-state index >= 15 is 0 Å². The van der Waals surface area contributed by atoms with E-state index in [0.717, 1.165) is 12.1 Å². The van der Waals surface area contributed by atoms with Gasteiger partial charge in [-0.25, -0.2) is 0 Å². The summed E-state index contributed by atoms with van der Waals surface area (Å²) in [5, 5.41) is 28.6. The van der Waals surface area contributed by atoms with Crippen LogP contribution in [0.1, 0.15) is 25.3 Å². The summed E-state index contributed by atoms with van der Waals surface area (Å²) in [5.74, 6) is -1.13. The maximum Gasteiger partial charge on any atom is 0.488 e. The number of hydrogen-bond donors (Lipinski definition) is 2. The van der Waals surface area contributed by atoms with Crippen LogP contribution >= 0.6 is 0 Å². The molecule has 0 aromatic heterocycles. The Hall–Kier alpha value is -1.47. The second kappa shape index (κ2) is 4.59. The van der Waals surface area contributed by atoms with Gasteiger partial charge in [0.25, 0.3) is 0 Å². The number of halogens is 1. The van der Waals surface area contributed by atoms with Crippen molar-refractivity contribution in [3.63, 3.8) is 0 Å². The number of hydrogen-bond acceptors (Lipinski definition) is 4. The summed E-state index contributed by atoms with van der Waals surface area (Å²) in [6.07, 6.45) is 0. The van der Waals surface area contributed by atoms with Crippen LogP contribution in [0.2, 0.25) is 0 Å². The van der Waals surface area contributed by atoms with Gasteiger partial charge in [0.05, 0.1) is 4.92 Å². The highest BCUT2D eigenvalue weighted by Crippen LogP contribution is 2.21. The average Bonchev–Trinajstić information content (AvgIpc) is 2.15. The first-order valence-corrected chi connectivity index (χ1v) is 4.68. The first kappa shape index (κ1) is 12.6. The van der Waals surface area contributed by atoms with Gasteiger partial charge in [0.2, 0.25) is 5.82 Å². The average molecular weight is 227 g/mol. The highest BCUT2D eigenvalue weighted by atomic mass is 19.1. The molecule has 0 saturated heterocycles. The molecule has 16 heavy (non-hydrogen) atoms. The molecule has 0 heterocycles. The van der Waals surface area contributed by atoms with Crippen LogP contribution in [0.5, 0.6) is 0 Å². The zero-order valence-electron chi connectivity index (χ0n) is 8.85. The molecular weight excluding hydrogens is 216 g/mol. The largest absolute Gasteiger partial charge is 0.488 e. The van der Waals surface area contributed by atoms with Crippen molar-refractivity contribution >= 4 is 18.3 Å². The van der Waals surface area contributed by atoms with Crippen LogP contribution in [0.3, 0.4) is 0 Å². The van der Waals surface area contributed by atoms with Crippen LogP contribution in [0.4, 0.5) is 10.1 Å². The molecular formula is C9H11BFNO4. The summed E-state index contributed by atoms with van der Waals surface area (Å²) in [6.45, 7) is 3.46. The molecule has 2 N–H and O–H groups in total. The van der Waals surface area contributed by atoms with E-state index in [1.807, 2.05) is 0 Å². The molecule has 7 heteroatoms. The molecule has 0 atom stereocenters. The quantitative estimate of drug-likeness (QED) is 0.448. The molecule has 0 unspecified atom stereocenters. The topological polar surface area (TPSA) is 83.6 Å². The number of nitro groups is 1. The first-order valence-electron chi connectivity index (χ1n) is 4.68. The van der Waals surface area contributed by atoms with Gasteiger partial charge < -0.3 is 10.0 Å². The van der Waals surface area contributed by atoms with Gasteiger partial charge in [-0.15, -0.1) is 0 Å². The molecule has 0 aliphatic heterocycles. The van der Waals surface area contributed by atoms with Gasteiger partial charge in [-0.05, 0) is 23.0 Å². The predicted octanol–water partition coefficient (Wildman–Crippen LogP) is 0.537. The second-order valence-corrected chi connectivity index (χ2v) is 3.72. The van der Waals surface area contributed by atoms with Gasteiger partial charge in [-0.3, -0.25) is 10.1 Å². The first-order chi connectivity index (χ1) is 7.34. The minimum absolute atomic E-state index is 0.0388. The Labute approximate surface area is 91.8 Å². The lowest BCUT2D eigenvalue weighted by Crippen LogP contribution is -2.34. The van der Waals surface area contributed by atoms with Crippen molar-refractivity contribution in [3.05, 3.63) is 33.6 Å². The Kier molecular flexibility index (Phi) is 3.61. The van der Waals surface area contributed by atoms with E-state index in [2.05, 4.69) is 0 Å². The predicted molar refractivity (Wildman–Crippen MR) is 57.0 cm³/mol. The number of nitrogens with zero attached hydrogens (tertiary/aromatic N) is 1. The molecule has 0 aliphatic carbocycles. The van der Waals surface area contributed by atoms with Gasteiger partial charge in [0.15, 0.2) is 0 Å².